The van der Waals surface area contributed by atoms with Crippen LogP contribution in [-0.2, 0) is 0 Å². The first-order chi connectivity index (χ1) is 9.87. The van der Waals surface area contributed by atoms with Crippen molar-refractivity contribution in [3.63, 3.8) is 0 Å². The van der Waals surface area contributed by atoms with Crippen molar-refractivity contribution in [2.75, 3.05) is 5.32 Å². The van der Waals surface area contributed by atoms with Crippen LogP contribution in [0.1, 0.15) is 56.0 Å². The first kappa shape index (κ1) is 17.0. The Kier molecular flexibility index (Phi) is 5.76. The van der Waals surface area contributed by atoms with E-state index in [4.69, 9.17) is 5.11 Å². The van der Waals surface area contributed by atoms with E-state index in [9.17, 15) is 9.59 Å². The fourth-order valence-electron chi connectivity index (χ4n) is 2.35. The van der Waals surface area contributed by atoms with E-state index in [-0.39, 0.29) is 17.1 Å². The molecule has 0 aliphatic heterocycles. The molecule has 1 aromatic rings. The standard InChI is InChI=1S/C16H24N2O3/c1-5-16(6-2,7-3)18-15(21)17-13-9-8-12(14(19)20)10-11(13)4/h8-10H,5-7H2,1-4H3,(H,19,20)(H2,17,18,21). The van der Waals surface area contributed by atoms with Crippen LogP contribution < -0.4 is 10.6 Å². The molecule has 0 fully saturated rings. The summed E-state index contributed by atoms with van der Waals surface area (Å²) < 4.78 is 0. The molecule has 0 aliphatic rings. The number of rotatable bonds is 6. The van der Waals surface area contributed by atoms with Crippen molar-refractivity contribution in [2.24, 2.45) is 0 Å². The van der Waals surface area contributed by atoms with E-state index in [2.05, 4.69) is 31.4 Å². The van der Waals surface area contributed by atoms with Crippen molar-refractivity contribution >= 4 is 17.7 Å². The number of carbonyl (C=O) groups excluding carboxylic acids is 1. The molecule has 5 nitrogen and oxygen atoms in total. The van der Waals surface area contributed by atoms with Gasteiger partial charge < -0.3 is 15.7 Å². The van der Waals surface area contributed by atoms with Crippen LogP contribution in [0.4, 0.5) is 10.5 Å². The lowest BCUT2D eigenvalue weighted by molar-refractivity contribution is 0.0697. The molecule has 0 aliphatic carbocycles. The maximum atomic E-state index is 12.1. The molecular weight excluding hydrogens is 268 g/mol. The lowest BCUT2D eigenvalue weighted by Gasteiger charge is -2.31. The van der Waals surface area contributed by atoms with Crippen LogP contribution in [0.15, 0.2) is 18.2 Å². The number of hydrogen-bond acceptors (Lipinski definition) is 2. The van der Waals surface area contributed by atoms with Gasteiger partial charge >= 0.3 is 12.0 Å². The first-order valence-corrected chi connectivity index (χ1v) is 7.30. The Hall–Kier alpha value is -2.04. The Balaban J connectivity index is 2.82. The van der Waals surface area contributed by atoms with Gasteiger partial charge in [0.15, 0.2) is 0 Å². The van der Waals surface area contributed by atoms with E-state index in [0.29, 0.717) is 5.69 Å². The lowest BCUT2D eigenvalue weighted by Crippen LogP contribution is -2.48. The second kappa shape index (κ2) is 7.11. The van der Waals surface area contributed by atoms with Crippen molar-refractivity contribution in [3.05, 3.63) is 29.3 Å². The van der Waals surface area contributed by atoms with Gasteiger partial charge in [-0.2, -0.15) is 0 Å². The van der Waals surface area contributed by atoms with Crippen LogP contribution in [0.3, 0.4) is 0 Å². The first-order valence-electron chi connectivity index (χ1n) is 7.30. The van der Waals surface area contributed by atoms with Gasteiger partial charge in [-0.25, -0.2) is 9.59 Å². The number of carbonyl (C=O) groups is 2. The highest BCUT2D eigenvalue weighted by molar-refractivity contribution is 5.93. The van der Waals surface area contributed by atoms with Gasteiger partial charge in [-0.1, -0.05) is 20.8 Å². The number of carboxylic acid groups (broad SMARTS) is 1. The summed E-state index contributed by atoms with van der Waals surface area (Å²) in [6.45, 7) is 7.94. The smallest absolute Gasteiger partial charge is 0.335 e. The van der Waals surface area contributed by atoms with Crippen molar-refractivity contribution in [1.82, 2.24) is 5.32 Å². The molecule has 2 amide bonds. The summed E-state index contributed by atoms with van der Waals surface area (Å²) in [4.78, 5) is 23.0. The number of nitrogens with one attached hydrogen (secondary N) is 2. The highest BCUT2D eigenvalue weighted by Crippen LogP contribution is 2.21. The van der Waals surface area contributed by atoms with Gasteiger partial charge in [0.25, 0.3) is 0 Å². The molecule has 1 aromatic carbocycles. The molecule has 0 saturated heterocycles. The van der Waals surface area contributed by atoms with E-state index in [1.807, 2.05) is 0 Å². The van der Waals surface area contributed by atoms with E-state index >= 15 is 0 Å². The SMILES string of the molecule is CCC(CC)(CC)NC(=O)Nc1ccc(C(=O)O)cc1C. The summed E-state index contributed by atoms with van der Waals surface area (Å²) in [5.74, 6) is -0.976. The van der Waals surface area contributed by atoms with Crippen LogP contribution in [0.2, 0.25) is 0 Å². The van der Waals surface area contributed by atoms with Crippen molar-refractivity contribution in [3.8, 4) is 0 Å². The third kappa shape index (κ3) is 4.21. The van der Waals surface area contributed by atoms with Gasteiger partial charge in [0.2, 0.25) is 0 Å². The maximum absolute atomic E-state index is 12.1. The van der Waals surface area contributed by atoms with Gasteiger partial charge in [-0.15, -0.1) is 0 Å². The van der Waals surface area contributed by atoms with E-state index < -0.39 is 5.97 Å². The molecule has 21 heavy (non-hydrogen) atoms. The molecule has 3 N–H and O–H groups in total. The fourth-order valence-corrected chi connectivity index (χ4v) is 2.35. The minimum Gasteiger partial charge on any atom is -0.478 e. The minimum atomic E-state index is -0.976. The molecular formula is C16H24N2O3. The van der Waals surface area contributed by atoms with Crippen molar-refractivity contribution in [2.45, 2.75) is 52.5 Å². The molecule has 0 atom stereocenters. The number of carboxylic acids is 1. The lowest BCUT2D eigenvalue weighted by atomic mass is 9.90. The minimum absolute atomic E-state index is 0.195. The molecule has 0 unspecified atom stereocenters. The van der Waals surface area contributed by atoms with Gasteiger partial charge in [0.1, 0.15) is 0 Å². The van der Waals surface area contributed by atoms with Gasteiger partial charge in [-0.3, -0.25) is 0 Å². The monoisotopic (exact) mass is 292 g/mol. The molecule has 116 valence electrons. The highest BCUT2D eigenvalue weighted by Gasteiger charge is 2.25. The Morgan fingerprint density at radius 1 is 1.14 bits per heavy atom. The summed E-state index contributed by atoms with van der Waals surface area (Å²) in [5, 5.41) is 14.7. The number of amides is 2. The van der Waals surface area contributed by atoms with Crippen LogP contribution in [0.5, 0.6) is 0 Å². The van der Waals surface area contributed by atoms with Crippen molar-refractivity contribution < 1.29 is 14.7 Å². The number of anilines is 1. The third-order valence-electron chi connectivity index (χ3n) is 4.13. The normalized spacial score (nSPS) is 11.0. The molecule has 0 aromatic heterocycles. The zero-order valence-corrected chi connectivity index (χ0v) is 13.1. The second-order valence-electron chi connectivity index (χ2n) is 5.25. The Morgan fingerprint density at radius 3 is 2.14 bits per heavy atom. The van der Waals surface area contributed by atoms with Crippen LogP contribution >= 0.6 is 0 Å². The largest absolute Gasteiger partial charge is 0.478 e. The highest BCUT2D eigenvalue weighted by atomic mass is 16.4. The number of urea groups is 1. The molecule has 1 rings (SSSR count). The summed E-state index contributed by atoms with van der Waals surface area (Å²) >= 11 is 0. The molecule has 5 heteroatoms. The topological polar surface area (TPSA) is 78.4 Å². The predicted octanol–water partition coefficient (Wildman–Crippen LogP) is 3.78. The number of aromatic carboxylic acids is 1. The van der Waals surface area contributed by atoms with Crippen LogP contribution in [0, 0.1) is 6.92 Å². The maximum Gasteiger partial charge on any atom is 0.335 e. The molecule has 0 heterocycles. The Bertz CT molecular complexity index is 514. The number of aryl methyl sites for hydroxylation is 1. The summed E-state index contributed by atoms with van der Waals surface area (Å²) in [6, 6.07) is 4.39. The predicted molar refractivity (Wildman–Crippen MR) is 83.9 cm³/mol. The van der Waals surface area contributed by atoms with Gasteiger partial charge in [-0.05, 0) is 49.9 Å². The number of benzene rings is 1. The van der Waals surface area contributed by atoms with E-state index in [1.165, 1.54) is 6.07 Å². The summed E-state index contributed by atoms with van der Waals surface area (Å²) in [7, 11) is 0. The van der Waals surface area contributed by atoms with Gasteiger partial charge in [0.05, 0.1) is 5.56 Å². The molecule has 0 bridgehead atoms. The second-order valence-corrected chi connectivity index (χ2v) is 5.25. The van der Waals surface area contributed by atoms with E-state index in [1.54, 1.807) is 19.1 Å². The fraction of sp³-hybridized carbons (Fsp3) is 0.500. The summed E-state index contributed by atoms with van der Waals surface area (Å²) in [6.07, 6.45) is 2.60. The quantitative estimate of drug-likeness (QED) is 0.746. The van der Waals surface area contributed by atoms with Crippen LogP contribution in [-0.4, -0.2) is 22.6 Å². The third-order valence-corrected chi connectivity index (χ3v) is 4.13. The summed E-state index contributed by atoms with van der Waals surface area (Å²) in [5.41, 5.74) is 1.36. The average Bonchev–Trinajstić information content (AvgIpc) is 2.47. The molecule has 0 radical (unpaired) electrons. The van der Waals surface area contributed by atoms with Gasteiger partial charge in [0, 0.05) is 11.2 Å². The van der Waals surface area contributed by atoms with Crippen LogP contribution in [0.25, 0.3) is 0 Å². The number of hydrogen-bond donors (Lipinski definition) is 3. The zero-order valence-electron chi connectivity index (χ0n) is 13.1. The van der Waals surface area contributed by atoms with E-state index in [0.717, 1.165) is 24.8 Å². The Labute approximate surface area is 125 Å². The zero-order chi connectivity index (χ0) is 16.0. The average molecular weight is 292 g/mol. The molecule has 0 spiro atoms. The Morgan fingerprint density at radius 2 is 1.71 bits per heavy atom. The molecule has 0 saturated carbocycles. The van der Waals surface area contributed by atoms with Crippen molar-refractivity contribution in [1.29, 1.82) is 0 Å².